The zero-order valence-electron chi connectivity index (χ0n) is 11.9. The summed E-state index contributed by atoms with van der Waals surface area (Å²) in [6.45, 7) is 1.34. The molecule has 2 aliphatic rings. The van der Waals surface area contributed by atoms with Gasteiger partial charge in [0.2, 0.25) is 5.91 Å². The van der Waals surface area contributed by atoms with Gasteiger partial charge in [-0.15, -0.1) is 11.3 Å². The molecule has 114 valence electrons. The Bertz CT molecular complexity index is 549. The average Bonchev–Trinajstić information content (AvgIpc) is 2.97. The van der Waals surface area contributed by atoms with Crippen molar-refractivity contribution in [3.05, 3.63) is 21.4 Å². The minimum Gasteiger partial charge on any atom is -0.338 e. The summed E-state index contributed by atoms with van der Waals surface area (Å²) in [5, 5.41) is 8.70. The molecule has 0 aromatic carbocycles. The van der Waals surface area contributed by atoms with Gasteiger partial charge in [0.1, 0.15) is 0 Å². The summed E-state index contributed by atoms with van der Waals surface area (Å²) in [6, 6.07) is 1.80. The highest BCUT2D eigenvalue weighted by Gasteiger charge is 2.29. The van der Waals surface area contributed by atoms with Crippen LogP contribution >= 0.6 is 11.3 Å². The summed E-state index contributed by atoms with van der Waals surface area (Å²) < 4.78 is 0. The third kappa shape index (κ3) is 2.96. The minimum absolute atomic E-state index is 0.194. The molecular weight excluding hydrogens is 288 g/mol. The van der Waals surface area contributed by atoms with E-state index in [-0.39, 0.29) is 11.8 Å². The first-order valence-electron chi connectivity index (χ1n) is 7.54. The van der Waals surface area contributed by atoms with Crippen LogP contribution in [0.5, 0.6) is 0 Å². The standard InChI is InChI=1S/C15H20N2O3S/c18-14(16-20)13-8-11-9-17(7-6-12(11)21-13)15(19)10-4-2-1-3-5-10/h8,10,20H,1-7,9H2,(H,16,18). The summed E-state index contributed by atoms with van der Waals surface area (Å²) in [5.41, 5.74) is 2.72. The van der Waals surface area contributed by atoms with Crippen LogP contribution in [0.4, 0.5) is 0 Å². The molecular formula is C15H20N2O3S. The number of hydroxylamine groups is 1. The van der Waals surface area contributed by atoms with Gasteiger partial charge in [0.25, 0.3) is 5.91 Å². The molecule has 2 N–H and O–H groups in total. The Morgan fingerprint density at radius 1 is 1.29 bits per heavy atom. The Hall–Kier alpha value is -1.40. The van der Waals surface area contributed by atoms with E-state index in [0.29, 0.717) is 11.4 Å². The number of nitrogens with zero attached hydrogens (tertiary/aromatic N) is 1. The lowest BCUT2D eigenvalue weighted by atomic mass is 9.88. The molecule has 1 aliphatic carbocycles. The number of fused-ring (bicyclic) bond motifs is 1. The molecule has 0 unspecified atom stereocenters. The number of rotatable bonds is 2. The Balaban J connectivity index is 1.70. The monoisotopic (exact) mass is 308 g/mol. The van der Waals surface area contributed by atoms with E-state index >= 15 is 0 Å². The molecule has 0 saturated heterocycles. The van der Waals surface area contributed by atoms with Crippen molar-refractivity contribution in [1.29, 1.82) is 0 Å². The van der Waals surface area contributed by atoms with Crippen molar-refractivity contribution in [2.75, 3.05) is 6.54 Å². The van der Waals surface area contributed by atoms with E-state index in [2.05, 4.69) is 0 Å². The average molecular weight is 308 g/mol. The quantitative estimate of drug-likeness (QED) is 0.651. The fraction of sp³-hybridized carbons (Fsp3) is 0.600. The van der Waals surface area contributed by atoms with Gasteiger partial charge in [0.15, 0.2) is 0 Å². The molecule has 2 amide bonds. The predicted octanol–water partition coefficient (Wildman–Crippen LogP) is 2.33. The molecule has 1 fully saturated rings. The number of nitrogens with one attached hydrogen (secondary N) is 1. The topological polar surface area (TPSA) is 69.6 Å². The smallest absolute Gasteiger partial charge is 0.284 e. The molecule has 21 heavy (non-hydrogen) atoms. The number of hydrogen-bond acceptors (Lipinski definition) is 4. The predicted molar refractivity (Wildman–Crippen MR) is 79.3 cm³/mol. The summed E-state index contributed by atoms with van der Waals surface area (Å²) in [4.78, 5) is 27.6. The number of carbonyl (C=O) groups is 2. The van der Waals surface area contributed by atoms with Crippen LogP contribution in [0, 0.1) is 5.92 Å². The molecule has 5 nitrogen and oxygen atoms in total. The Kier molecular flexibility index (Phi) is 4.26. The largest absolute Gasteiger partial charge is 0.338 e. The zero-order chi connectivity index (χ0) is 14.8. The minimum atomic E-state index is -0.473. The van der Waals surface area contributed by atoms with Gasteiger partial charge in [-0.1, -0.05) is 19.3 Å². The second kappa shape index (κ2) is 6.15. The number of thiophene rings is 1. The summed E-state index contributed by atoms with van der Waals surface area (Å²) in [5.74, 6) is -0.00147. The number of hydrogen-bond donors (Lipinski definition) is 2. The Labute approximate surface area is 127 Å². The second-order valence-electron chi connectivity index (χ2n) is 5.84. The summed E-state index contributed by atoms with van der Waals surface area (Å²) >= 11 is 1.41. The van der Waals surface area contributed by atoms with Gasteiger partial charge < -0.3 is 4.90 Å². The van der Waals surface area contributed by atoms with Gasteiger partial charge >= 0.3 is 0 Å². The van der Waals surface area contributed by atoms with Gasteiger partial charge in [0.05, 0.1) is 4.88 Å². The van der Waals surface area contributed by atoms with E-state index in [1.165, 1.54) is 17.8 Å². The molecule has 3 rings (SSSR count). The maximum absolute atomic E-state index is 12.6. The van der Waals surface area contributed by atoms with E-state index in [1.807, 2.05) is 4.90 Å². The number of amides is 2. The lowest BCUT2D eigenvalue weighted by Gasteiger charge is -2.32. The third-order valence-electron chi connectivity index (χ3n) is 4.46. The van der Waals surface area contributed by atoms with Crippen molar-refractivity contribution < 1.29 is 14.8 Å². The van der Waals surface area contributed by atoms with Crippen LogP contribution in [0.3, 0.4) is 0 Å². The van der Waals surface area contributed by atoms with Crippen molar-refractivity contribution in [2.24, 2.45) is 5.92 Å². The molecule has 1 aliphatic heterocycles. The van der Waals surface area contributed by atoms with Crippen molar-refractivity contribution in [3.8, 4) is 0 Å². The van der Waals surface area contributed by atoms with Crippen molar-refractivity contribution in [1.82, 2.24) is 10.4 Å². The molecule has 1 aromatic heterocycles. The van der Waals surface area contributed by atoms with Crippen molar-refractivity contribution in [3.63, 3.8) is 0 Å². The molecule has 2 heterocycles. The molecule has 1 aromatic rings. The zero-order valence-corrected chi connectivity index (χ0v) is 12.7. The summed E-state index contributed by atoms with van der Waals surface area (Å²) in [6.07, 6.45) is 6.41. The first-order chi connectivity index (χ1) is 10.2. The van der Waals surface area contributed by atoms with E-state index < -0.39 is 5.91 Å². The lowest BCUT2D eigenvalue weighted by molar-refractivity contribution is -0.137. The van der Waals surface area contributed by atoms with Crippen LogP contribution in [0.25, 0.3) is 0 Å². The molecule has 0 spiro atoms. The molecule has 1 saturated carbocycles. The highest BCUT2D eigenvalue weighted by Crippen LogP contribution is 2.31. The van der Waals surface area contributed by atoms with Crippen molar-refractivity contribution in [2.45, 2.75) is 45.1 Å². The fourth-order valence-corrected chi connectivity index (χ4v) is 4.35. The SMILES string of the molecule is O=C(NO)c1cc2c(s1)CCN(C(=O)C1CCCCC1)C2. The van der Waals surface area contributed by atoms with Crippen molar-refractivity contribution >= 4 is 23.2 Å². The normalized spacial score (nSPS) is 19.2. The Morgan fingerprint density at radius 3 is 2.76 bits per heavy atom. The molecule has 0 atom stereocenters. The second-order valence-corrected chi connectivity index (χ2v) is 6.98. The Morgan fingerprint density at radius 2 is 2.05 bits per heavy atom. The van der Waals surface area contributed by atoms with E-state index in [0.717, 1.165) is 49.1 Å². The van der Waals surface area contributed by atoms with Crippen LogP contribution in [-0.4, -0.2) is 28.5 Å². The van der Waals surface area contributed by atoms with Gasteiger partial charge in [-0.2, -0.15) is 0 Å². The third-order valence-corrected chi connectivity index (χ3v) is 5.69. The van der Waals surface area contributed by atoms with Crippen LogP contribution in [-0.2, 0) is 17.8 Å². The van der Waals surface area contributed by atoms with Gasteiger partial charge in [-0.3, -0.25) is 14.8 Å². The van der Waals surface area contributed by atoms with E-state index in [1.54, 1.807) is 11.5 Å². The van der Waals surface area contributed by atoms with Crippen LogP contribution in [0.15, 0.2) is 6.07 Å². The fourth-order valence-electron chi connectivity index (χ4n) is 3.30. The van der Waals surface area contributed by atoms with Gasteiger partial charge in [-0.25, -0.2) is 5.48 Å². The van der Waals surface area contributed by atoms with Gasteiger partial charge in [-0.05, 0) is 30.9 Å². The van der Waals surface area contributed by atoms with Crippen LogP contribution in [0.2, 0.25) is 0 Å². The molecule has 0 bridgehead atoms. The first kappa shape index (κ1) is 14.5. The van der Waals surface area contributed by atoms with Crippen LogP contribution in [0.1, 0.15) is 52.2 Å². The van der Waals surface area contributed by atoms with Gasteiger partial charge in [0, 0.05) is 23.9 Å². The highest BCUT2D eigenvalue weighted by atomic mass is 32.1. The number of carbonyl (C=O) groups excluding carboxylic acids is 2. The summed E-state index contributed by atoms with van der Waals surface area (Å²) in [7, 11) is 0. The maximum Gasteiger partial charge on any atom is 0.284 e. The molecule has 0 radical (unpaired) electrons. The van der Waals surface area contributed by atoms with E-state index in [9.17, 15) is 9.59 Å². The van der Waals surface area contributed by atoms with Crippen LogP contribution < -0.4 is 5.48 Å². The van der Waals surface area contributed by atoms with E-state index in [4.69, 9.17) is 5.21 Å². The lowest BCUT2D eigenvalue weighted by Crippen LogP contribution is -2.39. The molecule has 6 heteroatoms. The first-order valence-corrected chi connectivity index (χ1v) is 8.35. The highest BCUT2D eigenvalue weighted by molar-refractivity contribution is 7.14. The maximum atomic E-state index is 12.6.